The molecule has 0 aromatic heterocycles. The van der Waals surface area contributed by atoms with Crippen molar-refractivity contribution in [3.8, 4) is 0 Å². The molecule has 2 N–H and O–H groups in total. The van der Waals surface area contributed by atoms with Crippen LogP contribution in [0.4, 0.5) is 28.9 Å². The number of sulfonamides is 1. The third kappa shape index (κ3) is 6.28. The van der Waals surface area contributed by atoms with E-state index in [1.54, 1.807) is 37.3 Å². The fraction of sp³-hybridized carbons (Fsp3) is 0.344. The van der Waals surface area contributed by atoms with Crippen LogP contribution in [-0.4, -0.2) is 58.0 Å². The first-order chi connectivity index (χ1) is 21.1. The van der Waals surface area contributed by atoms with Gasteiger partial charge in [-0.1, -0.05) is 35.9 Å². The molecule has 0 atom stereocenters. The lowest BCUT2D eigenvalue weighted by atomic mass is 9.75. The van der Waals surface area contributed by atoms with E-state index in [0.29, 0.717) is 48.8 Å². The molecule has 0 spiro atoms. The Kier molecular flexibility index (Phi) is 8.96. The first kappa shape index (κ1) is 32.8. The van der Waals surface area contributed by atoms with Crippen LogP contribution in [0.3, 0.4) is 0 Å². The van der Waals surface area contributed by atoms with Crippen LogP contribution >= 0.6 is 11.6 Å². The highest BCUT2D eigenvalue weighted by Gasteiger charge is 2.46. The molecule has 13 heteroatoms. The molecule has 5 rings (SSSR count). The van der Waals surface area contributed by atoms with Gasteiger partial charge in [0.05, 0.1) is 38.9 Å². The highest BCUT2D eigenvalue weighted by atomic mass is 35.5. The van der Waals surface area contributed by atoms with E-state index in [4.69, 9.17) is 17.3 Å². The summed E-state index contributed by atoms with van der Waals surface area (Å²) >= 11 is 6.26. The lowest BCUT2D eigenvalue weighted by Crippen LogP contribution is -2.61. The number of allylic oxidation sites excluding steroid dienone is 1. The van der Waals surface area contributed by atoms with Gasteiger partial charge < -0.3 is 10.6 Å². The average Bonchev–Trinajstić information content (AvgIpc) is 2.94. The maximum absolute atomic E-state index is 14.6. The van der Waals surface area contributed by atoms with Crippen LogP contribution in [-0.2, 0) is 21.0 Å². The number of benzene rings is 3. The largest absolute Gasteiger partial charge is 0.416 e. The Morgan fingerprint density at radius 3 is 2.40 bits per heavy atom. The molecule has 0 radical (unpaired) electrons. The van der Waals surface area contributed by atoms with Crippen molar-refractivity contribution in [1.82, 2.24) is 4.90 Å². The van der Waals surface area contributed by atoms with Crippen LogP contribution in [0.2, 0.25) is 5.02 Å². The van der Waals surface area contributed by atoms with Crippen LogP contribution in [0.5, 0.6) is 0 Å². The summed E-state index contributed by atoms with van der Waals surface area (Å²) in [6.45, 7) is 2.80. The predicted octanol–water partition coefficient (Wildman–Crippen LogP) is 6.41. The highest BCUT2D eigenvalue weighted by Crippen LogP contribution is 2.41. The van der Waals surface area contributed by atoms with Crippen molar-refractivity contribution in [2.24, 2.45) is 5.73 Å². The van der Waals surface area contributed by atoms with Gasteiger partial charge in [-0.3, -0.25) is 14.0 Å². The van der Waals surface area contributed by atoms with Crippen molar-refractivity contribution < 1.29 is 30.8 Å². The fourth-order valence-electron chi connectivity index (χ4n) is 6.00. The molecule has 45 heavy (non-hydrogen) atoms. The molecule has 0 saturated heterocycles. The van der Waals surface area contributed by atoms with Gasteiger partial charge in [-0.05, 0) is 86.8 Å². The highest BCUT2D eigenvalue weighted by molar-refractivity contribution is 7.92. The van der Waals surface area contributed by atoms with Crippen molar-refractivity contribution in [2.75, 3.05) is 42.4 Å². The monoisotopic (exact) mass is 664 g/mol. The molecular weight excluding hydrogens is 632 g/mol. The van der Waals surface area contributed by atoms with Gasteiger partial charge >= 0.3 is 6.18 Å². The number of halogens is 5. The number of likely N-dealkylation sites (N-methyl/N-ethyl adjacent to an activating group) is 1. The zero-order valence-corrected chi connectivity index (χ0v) is 26.3. The molecule has 1 heterocycles. The van der Waals surface area contributed by atoms with Gasteiger partial charge in [-0.15, -0.1) is 0 Å². The molecule has 1 amide bonds. The SMILES string of the molecule is C/C(=C\c1ccc2c(c1)N(S(=O)(=O)c1cccc(C(F)(F)F)c1)CCN2CCN(C)C1(C(N)=O)CCC1)c1c(F)cccc1Cl. The van der Waals surface area contributed by atoms with Crippen LogP contribution in [0.25, 0.3) is 11.6 Å². The van der Waals surface area contributed by atoms with Gasteiger partial charge in [-0.2, -0.15) is 13.2 Å². The lowest BCUT2D eigenvalue weighted by Gasteiger charge is -2.47. The first-order valence-corrected chi connectivity index (χ1v) is 16.2. The van der Waals surface area contributed by atoms with E-state index in [1.807, 2.05) is 16.8 Å². The number of alkyl halides is 3. The van der Waals surface area contributed by atoms with Crippen molar-refractivity contribution in [3.63, 3.8) is 0 Å². The maximum Gasteiger partial charge on any atom is 0.416 e. The number of nitrogens with two attached hydrogens (primary N) is 1. The van der Waals surface area contributed by atoms with Gasteiger partial charge in [0.2, 0.25) is 5.91 Å². The minimum absolute atomic E-state index is 0.0401. The van der Waals surface area contributed by atoms with E-state index in [-0.39, 0.29) is 35.3 Å². The smallest absolute Gasteiger partial charge is 0.368 e. The Balaban J connectivity index is 1.54. The Morgan fingerprint density at radius 2 is 1.78 bits per heavy atom. The summed E-state index contributed by atoms with van der Waals surface area (Å²) in [5, 5.41) is 0.214. The van der Waals surface area contributed by atoms with Crippen LogP contribution in [0, 0.1) is 5.82 Å². The van der Waals surface area contributed by atoms with E-state index in [2.05, 4.69) is 0 Å². The summed E-state index contributed by atoms with van der Waals surface area (Å²) in [5.41, 5.74) is 5.98. The van der Waals surface area contributed by atoms with Crippen molar-refractivity contribution in [3.05, 3.63) is 88.2 Å². The molecule has 7 nitrogen and oxygen atoms in total. The van der Waals surface area contributed by atoms with Gasteiger partial charge in [0, 0.05) is 25.2 Å². The van der Waals surface area contributed by atoms with Crippen molar-refractivity contribution in [2.45, 2.75) is 42.8 Å². The number of nitrogens with zero attached hydrogens (tertiary/aromatic N) is 3. The molecule has 1 aliphatic heterocycles. The predicted molar refractivity (Wildman–Crippen MR) is 168 cm³/mol. The molecule has 1 aliphatic carbocycles. The maximum atomic E-state index is 14.6. The summed E-state index contributed by atoms with van der Waals surface area (Å²) < 4.78 is 84.0. The lowest BCUT2D eigenvalue weighted by molar-refractivity contribution is -0.137. The number of anilines is 2. The summed E-state index contributed by atoms with van der Waals surface area (Å²) in [6, 6.07) is 13.1. The zero-order chi connectivity index (χ0) is 32.7. The number of hydrogen-bond acceptors (Lipinski definition) is 5. The van der Waals surface area contributed by atoms with E-state index in [0.717, 1.165) is 28.9 Å². The van der Waals surface area contributed by atoms with Gasteiger partial charge in [0.15, 0.2) is 0 Å². The average molecular weight is 665 g/mol. The minimum atomic E-state index is -4.72. The Morgan fingerprint density at radius 1 is 1.07 bits per heavy atom. The molecule has 0 bridgehead atoms. The van der Waals surface area contributed by atoms with Gasteiger partial charge in [0.25, 0.3) is 10.0 Å². The van der Waals surface area contributed by atoms with Crippen molar-refractivity contribution >= 4 is 50.6 Å². The minimum Gasteiger partial charge on any atom is -0.368 e. The molecule has 3 aromatic rings. The second-order valence-corrected chi connectivity index (χ2v) is 13.7. The summed E-state index contributed by atoms with van der Waals surface area (Å²) in [4.78, 5) is 15.6. The number of primary amides is 1. The topological polar surface area (TPSA) is 87.0 Å². The zero-order valence-electron chi connectivity index (χ0n) is 24.7. The van der Waals surface area contributed by atoms with E-state index in [9.17, 15) is 30.8 Å². The number of carbonyl (C=O) groups is 1. The van der Waals surface area contributed by atoms with E-state index < -0.39 is 38.0 Å². The number of fused-ring (bicyclic) bond motifs is 1. The number of rotatable bonds is 9. The molecule has 1 fully saturated rings. The van der Waals surface area contributed by atoms with Gasteiger partial charge in [0.1, 0.15) is 5.82 Å². The summed E-state index contributed by atoms with van der Waals surface area (Å²) in [6.07, 6.45) is -0.824. The summed E-state index contributed by atoms with van der Waals surface area (Å²) in [5.74, 6) is -0.895. The molecule has 2 aliphatic rings. The molecular formula is C32H33ClF4N4O3S. The normalized spacial score (nSPS) is 16.8. The number of carbonyl (C=O) groups excluding carboxylic acids is 1. The molecule has 240 valence electrons. The first-order valence-electron chi connectivity index (χ1n) is 14.4. The van der Waals surface area contributed by atoms with Gasteiger partial charge in [-0.25, -0.2) is 12.8 Å². The third-order valence-electron chi connectivity index (χ3n) is 8.75. The Hall–Kier alpha value is -3.61. The molecule has 0 unspecified atom stereocenters. The van der Waals surface area contributed by atoms with E-state index in [1.165, 1.54) is 12.1 Å². The fourth-order valence-corrected chi connectivity index (χ4v) is 7.82. The van der Waals surface area contributed by atoms with Crippen LogP contribution in [0.15, 0.2) is 65.6 Å². The Labute approximate surface area is 264 Å². The third-order valence-corrected chi connectivity index (χ3v) is 10.9. The summed E-state index contributed by atoms with van der Waals surface area (Å²) in [7, 11) is -2.58. The Bertz CT molecular complexity index is 1740. The number of amides is 1. The molecule has 3 aromatic carbocycles. The number of hydrogen-bond donors (Lipinski definition) is 1. The molecule has 1 saturated carbocycles. The van der Waals surface area contributed by atoms with Crippen molar-refractivity contribution in [1.29, 1.82) is 0 Å². The second-order valence-electron chi connectivity index (χ2n) is 11.4. The van der Waals surface area contributed by atoms with Crippen LogP contribution in [0.1, 0.15) is 42.9 Å². The van der Waals surface area contributed by atoms with E-state index >= 15 is 0 Å². The standard InChI is InChI=1S/C32H33ClF4N4O3S/c1-21(29-25(33)8-4-9-26(29)34)18-22-10-11-27-28(19-22)41(45(43,44)24-7-3-6-23(20-24)32(35,36)37)17-16-40(27)15-14-39(2)31(30(38)42)12-5-13-31/h3-4,6-11,18-20H,5,12-17H2,1-2H3,(H2,38,42)/b21-18+. The second kappa shape index (κ2) is 12.3. The van der Waals surface area contributed by atoms with Crippen LogP contribution < -0.4 is 14.9 Å². The quantitative estimate of drug-likeness (QED) is 0.211.